The van der Waals surface area contributed by atoms with Crippen LogP contribution in [-0.2, 0) is 16.2 Å². The fraction of sp³-hybridized carbons (Fsp3) is 0.0667. The Morgan fingerprint density at radius 3 is 0.974 bits per heavy atom. The molecule has 0 atom stereocenters. The second-order valence-corrected chi connectivity index (χ2v) is 22.2. The van der Waals surface area contributed by atoms with Crippen LogP contribution in [0, 0.1) is 0 Å². The standard InChI is InChI=1S/C75H49N/c1-73(2)69-42-47(52-27-17-19-46-18-3-4-20-51(46)52)34-38-59(69)60-39-35-48(43-70(60)73)76(49-36-40-61-57-25-9-15-32-67(57)74(71(61)44-49)63-28-11-5-21-53(63)54-22-6-12-29-64(54)74)50-37-41-62-58-26-10-16-33-68(58)75(72(62)45-50)65-30-13-7-23-55(65)56-24-8-14-31-66(56)75/h3-45H,1-2H3. The van der Waals surface area contributed by atoms with Gasteiger partial charge in [-0.2, -0.15) is 0 Å². The molecule has 0 fully saturated rings. The highest BCUT2D eigenvalue weighted by atomic mass is 15.1. The van der Waals surface area contributed by atoms with Crippen molar-refractivity contribution < 1.29 is 0 Å². The summed E-state index contributed by atoms with van der Waals surface area (Å²) in [5.74, 6) is 0. The largest absolute Gasteiger partial charge is 0.310 e. The number of hydrogen-bond acceptors (Lipinski definition) is 1. The summed E-state index contributed by atoms with van der Waals surface area (Å²) in [5, 5.41) is 2.54. The third-order valence-corrected chi connectivity index (χ3v) is 18.5. The molecule has 0 bridgehead atoms. The van der Waals surface area contributed by atoms with Crippen LogP contribution in [0.15, 0.2) is 261 Å². The zero-order chi connectivity index (χ0) is 50.1. The summed E-state index contributed by atoms with van der Waals surface area (Å²) in [6.07, 6.45) is 0. The Morgan fingerprint density at radius 1 is 0.237 bits per heavy atom. The molecular formula is C75H49N. The molecule has 0 unspecified atom stereocenters. The van der Waals surface area contributed by atoms with Crippen LogP contribution >= 0.6 is 0 Å². The van der Waals surface area contributed by atoms with E-state index in [0.717, 1.165) is 17.1 Å². The molecule has 12 aromatic rings. The molecule has 0 aliphatic heterocycles. The zero-order valence-electron chi connectivity index (χ0n) is 42.3. The van der Waals surface area contributed by atoms with Crippen molar-refractivity contribution in [2.45, 2.75) is 30.1 Å². The van der Waals surface area contributed by atoms with E-state index >= 15 is 0 Å². The van der Waals surface area contributed by atoms with Crippen molar-refractivity contribution in [2.75, 3.05) is 4.90 Å². The first-order valence-electron chi connectivity index (χ1n) is 26.9. The molecule has 354 valence electrons. The summed E-state index contributed by atoms with van der Waals surface area (Å²) in [5.41, 5.74) is 31.2. The number of benzene rings is 12. The molecule has 0 saturated carbocycles. The smallest absolute Gasteiger partial charge is 0.0726 e. The van der Waals surface area contributed by atoms with Crippen molar-refractivity contribution in [2.24, 2.45) is 0 Å². The van der Waals surface area contributed by atoms with E-state index in [1.165, 1.54) is 133 Å². The van der Waals surface area contributed by atoms with E-state index in [9.17, 15) is 0 Å². The van der Waals surface area contributed by atoms with Gasteiger partial charge in [0.2, 0.25) is 0 Å². The van der Waals surface area contributed by atoms with Crippen molar-refractivity contribution in [3.63, 3.8) is 0 Å². The number of hydrogen-bond donors (Lipinski definition) is 0. The third-order valence-electron chi connectivity index (χ3n) is 18.5. The minimum Gasteiger partial charge on any atom is -0.310 e. The van der Waals surface area contributed by atoms with E-state index in [1.54, 1.807) is 0 Å². The van der Waals surface area contributed by atoms with Gasteiger partial charge < -0.3 is 4.90 Å². The number of fused-ring (bicyclic) bond motifs is 24. The van der Waals surface area contributed by atoms with E-state index in [-0.39, 0.29) is 5.41 Å². The molecule has 12 aromatic carbocycles. The van der Waals surface area contributed by atoms with Gasteiger partial charge in [-0.3, -0.25) is 0 Å². The molecule has 5 aliphatic carbocycles. The average molecular weight is 964 g/mol. The molecule has 0 N–H and O–H groups in total. The Kier molecular flexibility index (Phi) is 8.27. The minimum absolute atomic E-state index is 0.269. The lowest BCUT2D eigenvalue weighted by molar-refractivity contribution is 0.660. The highest BCUT2D eigenvalue weighted by Crippen LogP contribution is 2.66. The molecule has 1 nitrogen and oxygen atoms in total. The summed E-state index contributed by atoms with van der Waals surface area (Å²) >= 11 is 0. The maximum Gasteiger partial charge on any atom is 0.0726 e. The third kappa shape index (κ3) is 5.15. The lowest BCUT2D eigenvalue weighted by atomic mass is 9.70. The van der Waals surface area contributed by atoms with Crippen molar-refractivity contribution in [1.29, 1.82) is 0 Å². The topological polar surface area (TPSA) is 3.24 Å². The normalized spacial score (nSPS) is 15.0. The van der Waals surface area contributed by atoms with Crippen LogP contribution in [0.1, 0.15) is 69.5 Å². The van der Waals surface area contributed by atoms with Crippen molar-refractivity contribution in [3.8, 4) is 66.8 Å². The predicted octanol–water partition coefficient (Wildman–Crippen LogP) is 19.0. The number of anilines is 3. The Hall–Kier alpha value is -9.30. The summed E-state index contributed by atoms with van der Waals surface area (Å²) in [4.78, 5) is 2.58. The summed E-state index contributed by atoms with van der Waals surface area (Å²) in [6, 6.07) is 99.6. The van der Waals surface area contributed by atoms with Gasteiger partial charge in [0.05, 0.1) is 10.8 Å². The number of nitrogens with zero attached hydrogens (tertiary/aromatic N) is 1. The van der Waals surface area contributed by atoms with E-state index in [4.69, 9.17) is 0 Å². The Labute approximate surface area is 443 Å². The van der Waals surface area contributed by atoms with E-state index in [2.05, 4.69) is 280 Å². The van der Waals surface area contributed by atoms with Gasteiger partial charge in [-0.1, -0.05) is 232 Å². The van der Waals surface area contributed by atoms with Crippen molar-refractivity contribution in [3.05, 3.63) is 316 Å². The van der Waals surface area contributed by atoms with Gasteiger partial charge in [0.15, 0.2) is 0 Å². The summed E-state index contributed by atoms with van der Waals surface area (Å²) < 4.78 is 0. The quantitative estimate of drug-likeness (QED) is 0.170. The van der Waals surface area contributed by atoms with Crippen LogP contribution in [0.5, 0.6) is 0 Å². The average Bonchev–Trinajstić information content (AvgIpc) is 4.30. The van der Waals surface area contributed by atoms with Crippen molar-refractivity contribution >= 4 is 27.8 Å². The second kappa shape index (κ2) is 14.9. The monoisotopic (exact) mass is 963 g/mol. The van der Waals surface area contributed by atoms with Crippen LogP contribution < -0.4 is 4.90 Å². The lowest BCUT2D eigenvalue weighted by Gasteiger charge is -2.34. The molecule has 0 amide bonds. The Balaban J connectivity index is 0.908. The van der Waals surface area contributed by atoms with Crippen LogP contribution in [-0.4, -0.2) is 0 Å². The van der Waals surface area contributed by atoms with Crippen LogP contribution in [0.2, 0.25) is 0 Å². The zero-order valence-corrected chi connectivity index (χ0v) is 42.3. The van der Waals surface area contributed by atoms with E-state index in [0.29, 0.717) is 0 Å². The molecule has 17 rings (SSSR count). The molecule has 5 aliphatic rings. The van der Waals surface area contributed by atoms with Gasteiger partial charge in [0.25, 0.3) is 0 Å². The van der Waals surface area contributed by atoms with Gasteiger partial charge >= 0.3 is 0 Å². The van der Waals surface area contributed by atoms with Gasteiger partial charge in [-0.05, 0) is 176 Å². The van der Waals surface area contributed by atoms with Crippen LogP contribution in [0.25, 0.3) is 77.5 Å². The highest BCUT2D eigenvalue weighted by molar-refractivity contribution is 6.01. The molecule has 0 heterocycles. The van der Waals surface area contributed by atoms with Gasteiger partial charge in [-0.25, -0.2) is 0 Å². The van der Waals surface area contributed by atoms with Gasteiger partial charge in [0, 0.05) is 22.5 Å². The highest BCUT2D eigenvalue weighted by Gasteiger charge is 2.53. The fourth-order valence-corrected chi connectivity index (χ4v) is 15.4. The molecule has 0 radical (unpaired) electrons. The Bertz CT molecular complexity index is 4200. The second-order valence-electron chi connectivity index (χ2n) is 22.2. The van der Waals surface area contributed by atoms with E-state index in [1.807, 2.05) is 0 Å². The maximum absolute atomic E-state index is 2.58. The Morgan fingerprint density at radius 2 is 0.539 bits per heavy atom. The summed E-state index contributed by atoms with van der Waals surface area (Å²) in [7, 11) is 0. The molecule has 0 aromatic heterocycles. The predicted molar refractivity (Wildman–Crippen MR) is 314 cm³/mol. The summed E-state index contributed by atoms with van der Waals surface area (Å²) in [6.45, 7) is 4.85. The van der Waals surface area contributed by atoms with Crippen LogP contribution in [0.3, 0.4) is 0 Å². The minimum atomic E-state index is -0.481. The first-order chi connectivity index (χ1) is 37.5. The van der Waals surface area contributed by atoms with E-state index < -0.39 is 10.8 Å². The first-order valence-corrected chi connectivity index (χ1v) is 26.9. The fourth-order valence-electron chi connectivity index (χ4n) is 15.4. The number of rotatable bonds is 4. The molecular weight excluding hydrogens is 915 g/mol. The van der Waals surface area contributed by atoms with Gasteiger partial charge in [0.1, 0.15) is 0 Å². The molecule has 2 spiro atoms. The molecule has 1 heteroatoms. The lowest BCUT2D eigenvalue weighted by Crippen LogP contribution is -2.26. The SMILES string of the molecule is CC1(C)c2cc(-c3cccc4ccccc34)ccc2-c2ccc(N(c3ccc4c(c3)C3(c5ccccc5-c5ccccc53)c3ccccc3-4)c3ccc4c(c3)C3(c5ccccc5-c5ccccc53)c3ccccc3-4)cc21. The molecule has 76 heavy (non-hydrogen) atoms. The van der Waals surface area contributed by atoms with Gasteiger partial charge in [-0.15, -0.1) is 0 Å². The first kappa shape index (κ1) is 42.1. The maximum atomic E-state index is 2.58. The van der Waals surface area contributed by atoms with Crippen molar-refractivity contribution in [1.82, 2.24) is 0 Å². The molecule has 0 saturated heterocycles. The van der Waals surface area contributed by atoms with Crippen LogP contribution in [0.4, 0.5) is 17.1 Å².